The Bertz CT molecular complexity index is 1760. The topological polar surface area (TPSA) is 111 Å². The van der Waals surface area contributed by atoms with E-state index in [9.17, 15) is 19.5 Å². The SMILES string of the molecule is CC/C=C\C/C=C\C/C=C\C/C=C\C/C=C\CCCCCCCC(=O)OC(COC(=O)CCCCCCCCCCCCCCCCCCCCCCCCCCCC/C=C\C/C=C\C/C=C\C/C=C\CC)COC(OCC[N+](C)(C)C)C(=O)[O-]. The van der Waals surface area contributed by atoms with Crippen molar-refractivity contribution in [3.05, 3.63) is 109 Å². The van der Waals surface area contributed by atoms with Crippen LogP contribution < -0.4 is 5.11 Å². The van der Waals surface area contributed by atoms with Gasteiger partial charge in [-0.15, -0.1) is 0 Å². The second kappa shape index (κ2) is 65.9. The Hall–Kier alpha value is -4.05. The minimum Gasteiger partial charge on any atom is -0.545 e. The van der Waals surface area contributed by atoms with E-state index < -0.39 is 24.3 Å². The van der Waals surface area contributed by atoms with Gasteiger partial charge in [-0.05, 0) is 96.3 Å². The first kappa shape index (κ1) is 81.0. The van der Waals surface area contributed by atoms with Crippen molar-refractivity contribution in [2.24, 2.45) is 0 Å². The summed E-state index contributed by atoms with van der Waals surface area (Å²) < 4.78 is 22.8. The van der Waals surface area contributed by atoms with Crippen molar-refractivity contribution in [2.75, 3.05) is 47.5 Å². The molecule has 9 heteroatoms. The van der Waals surface area contributed by atoms with E-state index in [1.54, 1.807) is 0 Å². The molecule has 488 valence electrons. The highest BCUT2D eigenvalue weighted by Crippen LogP contribution is 2.18. The van der Waals surface area contributed by atoms with Crippen LogP contribution in [-0.4, -0.2) is 82.3 Å². The summed E-state index contributed by atoms with van der Waals surface area (Å²) in [6.07, 6.45) is 89.0. The van der Waals surface area contributed by atoms with Crippen molar-refractivity contribution in [2.45, 2.75) is 309 Å². The van der Waals surface area contributed by atoms with Crippen LogP contribution >= 0.6 is 0 Å². The molecule has 2 atom stereocenters. The molecule has 9 nitrogen and oxygen atoms in total. The number of allylic oxidation sites excluding steroid dienone is 18. The van der Waals surface area contributed by atoms with E-state index in [2.05, 4.69) is 123 Å². The highest BCUT2D eigenvalue weighted by molar-refractivity contribution is 5.70. The summed E-state index contributed by atoms with van der Waals surface area (Å²) in [5.74, 6) is -2.30. The molecule has 2 unspecified atom stereocenters. The van der Waals surface area contributed by atoms with Gasteiger partial charge in [-0.3, -0.25) is 9.59 Å². The number of hydrogen-bond acceptors (Lipinski definition) is 8. The van der Waals surface area contributed by atoms with Crippen LogP contribution in [0.2, 0.25) is 0 Å². The lowest BCUT2D eigenvalue weighted by molar-refractivity contribution is -0.870. The largest absolute Gasteiger partial charge is 0.545 e. The second-order valence-corrected chi connectivity index (χ2v) is 24.4. The van der Waals surface area contributed by atoms with E-state index in [1.165, 1.54) is 154 Å². The predicted octanol–water partition coefficient (Wildman–Crippen LogP) is 20.5. The van der Waals surface area contributed by atoms with Crippen LogP contribution in [0.25, 0.3) is 0 Å². The number of carbonyl (C=O) groups excluding carboxylic acids is 3. The molecule has 0 aliphatic rings. The highest BCUT2D eigenvalue weighted by atomic mass is 16.7. The van der Waals surface area contributed by atoms with Crippen LogP contribution in [0, 0.1) is 0 Å². The second-order valence-electron chi connectivity index (χ2n) is 24.4. The first-order valence-corrected chi connectivity index (χ1v) is 35.0. The zero-order valence-corrected chi connectivity index (χ0v) is 55.7. The number of esters is 2. The molecule has 0 amide bonds. The lowest BCUT2D eigenvalue weighted by Gasteiger charge is -2.26. The van der Waals surface area contributed by atoms with Crippen LogP contribution in [0.1, 0.15) is 296 Å². The molecule has 0 aliphatic carbocycles. The third-order valence-corrected chi connectivity index (χ3v) is 15.0. The summed E-state index contributed by atoms with van der Waals surface area (Å²) in [6.45, 7) is 4.52. The molecule has 0 N–H and O–H groups in total. The number of quaternary nitrogens is 1. The average molecular weight is 1190 g/mol. The molecule has 0 saturated carbocycles. The van der Waals surface area contributed by atoms with Gasteiger partial charge in [0.15, 0.2) is 12.4 Å². The van der Waals surface area contributed by atoms with Gasteiger partial charge in [0, 0.05) is 12.8 Å². The molecule has 85 heavy (non-hydrogen) atoms. The van der Waals surface area contributed by atoms with Crippen LogP contribution in [0.3, 0.4) is 0 Å². The van der Waals surface area contributed by atoms with E-state index in [1.807, 2.05) is 21.1 Å². The molecule has 0 aromatic carbocycles. The van der Waals surface area contributed by atoms with Crippen molar-refractivity contribution in [3.63, 3.8) is 0 Å². The summed E-state index contributed by atoms with van der Waals surface area (Å²) in [5, 5.41) is 11.8. The molecule has 0 spiro atoms. The zero-order chi connectivity index (χ0) is 61.9. The number of hydrogen-bond donors (Lipinski definition) is 0. The fraction of sp³-hybridized carbons (Fsp3) is 0.724. The van der Waals surface area contributed by atoms with Gasteiger partial charge in [-0.1, -0.05) is 297 Å². The summed E-state index contributed by atoms with van der Waals surface area (Å²) in [6, 6.07) is 0. The molecular formula is C76H131NO8. The Morgan fingerprint density at radius 1 is 0.353 bits per heavy atom. The number of carboxylic acids is 1. The minimum absolute atomic E-state index is 0.140. The van der Waals surface area contributed by atoms with Crippen molar-refractivity contribution in [1.82, 2.24) is 0 Å². The van der Waals surface area contributed by atoms with Crippen molar-refractivity contribution in [3.8, 4) is 0 Å². The van der Waals surface area contributed by atoms with Crippen molar-refractivity contribution >= 4 is 17.9 Å². The Balaban J connectivity index is 4.02. The number of nitrogens with zero attached hydrogens (tertiary/aromatic N) is 1. The van der Waals surface area contributed by atoms with Gasteiger partial charge in [0.25, 0.3) is 0 Å². The molecule has 0 aliphatic heterocycles. The quantitative estimate of drug-likeness (QED) is 0.0195. The molecule has 0 bridgehead atoms. The minimum atomic E-state index is -1.63. The van der Waals surface area contributed by atoms with Crippen molar-refractivity contribution < 1.29 is 42.9 Å². The summed E-state index contributed by atoms with van der Waals surface area (Å²) >= 11 is 0. The number of aliphatic carboxylic acids is 1. The zero-order valence-electron chi connectivity index (χ0n) is 55.7. The summed E-state index contributed by atoms with van der Waals surface area (Å²) in [4.78, 5) is 37.4. The monoisotopic (exact) mass is 1190 g/mol. The van der Waals surface area contributed by atoms with E-state index in [0.29, 0.717) is 17.4 Å². The maximum absolute atomic E-state index is 12.9. The Morgan fingerprint density at radius 2 is 0.635 bits per heavy atom. The Kier molecular flexibility index (Phi) is 62.8. The molecular weight excluding hydrogens is 1050 g/mol. The van der Waals surface area contributed by atoms with Crippen molar-refractivity contribution in [1.29, 1.82) is 0 Å². The van der Waals surface area contributed by atoms with Gasteiger partial charge in [0.2, 0.25) is 0 Å². The Morgan fingerprint density at radius 3 is 0.941 bits per heavy atom. The van der Waals surface area contributed by atoms with E-state index >= 15 is 0 Å². The first-order chi connectivity index (χ1) is 41.6. The normalized spacial score (nSPS) is 13.4. The number of ether oxygens (including phenoxy) is 4. The van der Waals surface area contributed by atoms with E-state index in [-0.39, 0.29) is 38.6 Å². The van der Waals surface area contributed by atoms with Crippen LogP contribution in [-0.2, 0) is 33.3 Å². The molecule has 0 fully saturated rings. The standard InChI is InChI=1S/C76H131NO8/c1-6-8-10-12-14-16-18-20-22-24-26-28-29-30-31-32-33-34-35-36-37-38-39-40-41-42-43-44-45-47-48-50-52-54-56-58-60-62-64-66-73(78)83-70-72(71-84-76(75(80)81)82-69-68-77(3,4)5)85-74(79)67-65-63-61-59-57-55-53-51-49-46-27-25-23-21-19-17-15-13-11-9-7-2/h8-11,14-17,20-23,26-28,46,51,53,72,76H,6-7,12-13,18-19,24-25,29-45,47-50,52,54-71H2,1-5H3/b10-8-,11-9-,16-14-,17-15-,22-20-,23-21-,28-26-,46-27-,53-51-. The van der Waals surface area contributed by atoms with Crippen LogP contribution in [0.5, 0.6) is 0 Å². The van der Waals surface area contributed by atoms with Crippen LogP contribution in [0.4, 0.5) is 0 Å². The maximum atomic E-state index is 12.9. The number of likely N-dealkylation sites (N-methyl/N-ethyl adjacent to an activating group) is 1. The van der Waals surface area contributed by atoms with E-state index in [4.69, 9.17) is 18.9 Å². The highest BCUT2D eigenvalue weighted by Gasteiger charge is 2.22. The molecule has 0 heterocycles. The molecule has 0 rings (SSSR count). The summed E-state index contributed by atoms with van der Waals surface area (Å²) in [7, 11) is 5.92. The number of carboxylic acid groups (broad SMARTS) is 1. The van der Waals surface area contributed by atoms with Gasteiger partial charge < -0.3 is 33.3 Å². The lowest BCUT2D eigenvalue weighted by Crippen LogP contribution is -2.44. The Labute approximate surface area is 524 Å². The van der Waals surface area contributed by atoms with Gasteiger partial charge in [0.1, 0.15) is 13.2 Å². The fourth-order valence-corrected chi connectivity index (χ4v) is 9.73. The van der Waals surface area contributed by atoms with Gasteiger partial charge in [-0.25, -0.2) is 0 Å². The maximum Gasteiger partial charge on any atom is 0.306 e. The number of carbonyl (C=O) groups is 3. The fourth-order valence-electron chi connectivity index (χ4n) is 9.73. The molecule has 0 radical (unpaired) electrons. The van der Waals surface area contributed by atoms with Gasteiger partial charge >= 0.3 is 11.9 Å². The smallest absolute Gasteiger partial charge is 0.306 e. The van der Waals surface area contributed by atoms with Gasteiger partial charge in [0.05, 0.1) is 40.3 Å². The lowest BCUT2D eigenvalue weighted by atomic mass is 10.0. The van der Waals surface area contributed by atoms with Crippen LogP contribution in [0.15, 0.2) is 109 Å². The molecule has 0 aromatic heterocycles. The molecule has 0 aromatic rings. The number of rotatable bonds is 64. The molecule has 0 saturated heterocycles. The summed E-state index contributed by atoms with van der Waals surface area (Å²) in [5.41, 5.74) is 0. The average Bonchev–Trinajstić information content (AvgIpc) is 3.48. The predicted molar refractivity (Wildman–Crippen MR) is 361 cm³/mol. The first-order valence-electron chi connectivity index (χ1n) is 35.0. The third kappa shape index (κ3) is 67.3. The number of unbranched alkanes of at least 4 members (excludes halogenated alkanes) is 31. The third-order valence-electron chi connectivity index (χ3n) is 15.0. The van der Waals surface area contributed by atoms with Gasteiger partial charge in [-0.2, -0.15) is 0 Å². The van der Waals surface area contributed by atoms with E-state index in [0.717, 1.165) is 109 Å².